The minimum absolute atomic E-state index is 0.396. The summed E-state index contributed by atoms with van der Waals surface area (Å²) < 4.78 is 15.0. The number of pyridine rings is 2. The fraction of sp³-hybridized carbons (Fsp3) is 0.333. The molecule has 2 aromatic heterocycles. The molecule has 2 rings (SSSR count). The third-order valence-electron chi connectivity index (χ3n) is 3.62. The summed E-state index contributed by atoms with van der Waals surface area (Å²) in [7, 11) is 0. The monoisotopic (exact) mass is 360 g/mol. The van der Waals surface area contributed by atoms with E-state index in [1.165, 1.54) is 12.4 Å². The van der Waals surface area contributed by atoms with Crippen LogP contribution in [-0.2, 0) is 22.9 Å². The van der Waals surface area contributed by atoms with Crippen LogP contribution < -0.4 is 9.13 Å². The predicted octanol–water partition coefficient (Wildman–Crippen LogP) is 1.31. The van der Waals surface area contributed by atoms with Crippen LogP contribution in [0.4, 0.5) is 0 Å². The van der Waals surface area contributed by atoms with Crippen molar-refractivity contribution in [2.45, 2.75) is 26.3 Å². The van der Waals surface area contributed by atoms with Gasteiger partial charge in [-0.3, -0.25) is 0 Å². The first-order chi connectivity index (χ1) is 12.8. The van der Waals surface area contributed by atoms with Crippen molar-refractivity contribution in [2.24, 2.45) is 10.3 Å². The Morgan fingerprint density at radius 1 is 0.769 bits per heavy atom. The molecule has 8 nitrogen and oxygen atoms in total. The summed E-state index contributed by atoms with van der Waals surface area (Å²) in [4.78, 5) is 0. The summed E-state index contributed by atoms with van der Waals surface area (Å²) in [5, 5.41) is 23.4. The molecule has 0 saturated heterocycles. The Morgan fingerprint density at radius 3 is 1.65 bits per heavy atom. The van der Waals surface area contributed by atoms with Crippen LogP contribution in [-0.4, -0.2) is 36.1 Å². The van der Waals surface area contributed by atoms with Crippen molar-refractivity contribution in [3.8, 4) is 0 Å². The van der Waals surface area contributed by atoms with Gasteiger partial charge >= 0.3 is 0 Å². The van der Waals surface area contributed by atoms with Gasteiger partial charge in [0.2, 0.25) is 11.4 Å². The summed E-state index contributed by atoms with van der Waals surface area (Å²) in [5.41, 5.74) is 1.53. The van der Waals surface area contributed by atoms with E-state index in [0.717, 1.165) is 24.2 Å². The average Bonchev–Trinajstić information content (AvgIpc) is 2.67. The first-order valence-corrected chi connectivity index (χ1v) is 8.32. The summed E-state index contributed by atoms with van der Waals surface area (Å²) in [6.45, 7) is 2.02. The Balaban J connectivity index is 1.60. The van der Waals surface area contributed by atoms with Gasteiger partial charge < -0.3 is 19.9 Å². The van der Waals surface area contributed by atoms with Crippen LogP contribution in [0.25, 0.3) is 0 Å². The minimum Gasteiger partial charge on any atom is -0.411 e. The molecule has 0 unspecified atom stereocenters. The highest BCUT2D eigenvalue weighted by Gasteiger charge is 2.08. The third kappa shape index (κ3) is 6.58. The lowest BCUT2D eigenvalue weighted by Gasteiger charge is -2.04. The van der Waals surface area contributed by atoms with Gasteiger partial charge in [-0.25, -0.2) is 0 Å². The van der Waals surface area contributed by atoms with Gasteiger partial charge in [-0.2, -0.15) is 9.13 Å². The van der Waals surface area contributed by atoms with Crippen LogP contribution >= 0.6 is 0 Å². The molecule has 138 valence electrons. The maximum Gasteiger partial charge on any atom is 0.253 e. The van der Waals surface area contributed by atoms with Crippen molar-refractivity contribution < 1.29 is 29.0 Å². The fourth-order valence-corrected chi connectivity index (χ4v) is 2.30. The summed E-state index contributed by atoms with van der Waals surface area (Å²) in [6, 6.07) is 11.2. The highest BCUT2D eigenvalue weighted by Crippen LogP contribution is 1.94. The van der Waals surface area contributed by atoms with E-state index in [9.17, 15) is 0 Å². The second-order valence-corrected chi connectivity index (χ2v) is 5.46. The molecular weight excluding hydrogens is 336 g/mol. The molecule has 2 heterocycles. The van der Waals surface area contributed by atoms with Crippen molar-refractivity contribution in [1.82, 2.24) is 0 Å². The standard InChI is InChI=1S/C18H22N4O4/c23-19-13-17-7-1-3-9-21(17)15-25-11-5-6-12-26-16-22-10-4-2-8-18(22)14-20-24/h1-4,7-10,13-14H,5-6,11-12,15-16H2/p+2. The van der Waals surface area contributed by atoms with E-state index in [0.29, 0.717) is 26.7 Å². The van der Waals surface area contributed by atoms with Crippen LogP contribution in [0.15, 0.2) is 59.1 Å². The molecule has 0 aliphatic carbocycles. The maximum atomic E-state index is 8.65. The number of hydrogen-bond donors (Lipinski definition) is 2. The molecular formula is C18H24N4O4+2. The zero-order chi connectivity index (χ0) is 18.5. The Kier molecular flexibility index (Phi) is 8.74. The molecule has 0 radical (unpaired) electrons. The van der Waals surface area contributed by atoms with Crippen LogP contribution in [0.5, 0.6) is 0 Å². The number of oxime groups is 2. The molecule has 0 fully saturated rings. The number of hydrogen-bond acceptors (Lipinski definition) is 6. The van der Waals surface area contributed by atoms with Crippen LogP contribution in [0.2, 0.25) is 0 Å². The lowest BCUT2D eigenvalue weighted by atomic mass is 10.3. The largest absolute Gasteiger partial charge is 0.411 e. The van der Waals surface area contributed by atoms with Gasteiger partial charge in [-0.05, 0) is 25.0 Å². The van der Waals surface area contributed by atoms with Crippen LogP contribution in [0, 0.1) is 0 Å². The minimum atomic E-state index is 0.396. The Labute approximate surface area is 152 Å². The topological polar surface area (TPSA) is 91.4 Å². The lowest BCUT2D eigenvalue weighted by Crippen LogP contribution is -2.39. The smallest absolute Gasteiger partial charge is 0.253 e. The number of ether oxygens (including phenoxy) is 2. The third-order valence-corrected chi connectivity index (χ3v) is 3.62. The molecule has 2 N–H and O–H groups in total. The first-order valence-electron chi connectivity index (χ1n) is 8.32. The van der Waals surface area contributed by atoms with Gasteiger partial charge in [0.25, 0.3) is 13.5 Å². The Morgan fingerprint density at radius 2 is 1.23 bits per heavy atom. The predicted molar refractivity (Wildman–Crippen MR) is 93.2 cm³/mol. The molecule has 26 heavy (non-hydrogen) atoms. The molecule has 0 aliphatic rings. The zero-order valence-corrected chi connectivity index (χ0v) is 14.5. The molecule has 0 spiro atoms. The molecule has 0 aromatic carbocycles. The average molecular weight is 360 g/mol. The Bertz CT molecular complexity index is 660. The highest BCUT2D eigenvalue weighted by molar-refractivity contribution is 5.74. The number of unbranched alkanes of at least 4 members (excludes halogenated alkanes) is 1. The SMILES string of the molecule is O/N=C/c1cccc[n+]1COCCCCOC[n+]1ccccc1/C=N/O. The maximum absolute atomic E-state index is 8.65. The number of rotatable bonds is 11. The van der Waals surface area contributed by atoms with Gasteiger partial charge in [0.15, 0.2) is 12.4 Å². The van der Waals surface area contributed by atoms with Crippen LogP contribution in [0.1, 0.15) is 24.2 Å². The van der Waals surface area contributed by atoms with E-state index < -0.39 is 0 Å². The van der Waals surface area contributed by atoms with E-state index in [2.05, 4.69) is 10.3 Å². The van der Waals surface area contributed by atoms with E-state index in [4.69, 9.17) is 19.9 Å². The Hall–Kier alpha value is -2.84. The molecule has 0 aliphatic heterocycles. The quantitative estimate of drug-likeness (QED) is 0.208. The normalized spacial score (nSPS) is 11.5. The highest BCUT2D eigenvalue weighted by atomic mass is 16.5. The second-order valence-electron chi connectivity index (χ2n) is 5.46. The van der Waals surface area contributed by atoms with Crippen molar-refractivity contribution in [3.63, 3.8) is 0 Å². The van der Waals surface area contributed by atoms with Crippen molar-refractivity contribution in [1.29, 1.82) is 0 Å². The lowest BCUT2D eigenvalue weighted by molar-refractivity contribution is -0.734. The molecule has 8 heteroatoms. The van der Waals surface area contributed by atoms with Crippen LogP contribution in [0.3, 0.4) is 0 Å². The van der Waals surface area contributed by atoms with E-state index in [1.807, 2.05) is 57.9 Å². The van der Waals surface area contributed by atoms with Gasteiger partial charge in [0.1, 0.15) is 12.4 Å². The van der Waals surface area contributed by atoms with E-state index >= 15 is 0 Å². The van der Waals surface area contributed by atoms with Crippen molar-refractivity contribution in [3.05, 3.63) is 60.2 Å². The molecule has 0 bridgehead atoms. The van der Waals surface area contributed by atoms with Crippen molar-refractivity contribution in [2.75, 3.05) is 13.2 Å². The summed E-state index contributed by atoms with van der Waals surface area (Å²) in [5.74, 6) is 0. The zero-order valence-electron chi connectivity index (χ0n) is 14.5. The van der Waals surface area contributed by atoms with Gasteiger partial charge in [-0.1, -0.05) is 10.3 Å². The van der Waals surface area contributed by atoms with E-state index in [1.54, 1.807) is 0 Å². The summed E-state index contributed by atoms with van der Waals surface area (Å²) in [6.07, 6.45) is 8.22. The van der Waals surface area contributed by atoms with E-state index in [-0.39, 0.29) is 0 Å². The molecule has 2 aromatic rings. The first kappa shape index (κ1) is 19.5. The second kappa shape index (κ2) is 11.7. The summed E-state index contributed by atoms with van der Waals surface area (Å²) >= 11 is 0. The molecule has 0 amide bonds. The van der Waals surface area contributed by atoms with Gasteiger partial charge in [0, 0.05) is 24.3 Å². The van der Waals surface area contributed by atoms with Gasteiger partial charge in [-0.15, -0.1) is 0 Å². The van der Waals surface area contributed by atoms with Gasteiger partial charge in [0.05, 0.1) is 13.2 Å². The molecule has 0 atom stereocenters. The number of aromatic nitrogens is 2. The number of nitrogens with zero attached hydrogens (tertiary/aromatic N) is 4. The fourth-order valence-electron chi connectivity index (χ4n) is 2.30. The molecule has 0 saturated carbocycles. The van der Waals surface area contributed by atoms with Crippen molar-refractivity contribution >= 4 is 12.4 Å².